The summed E-state index contributed by atoms with van der Waals surface area (Å²) in [7, 11) is 1.23. The van der Waals surface area contributed by atoms with Gasteiger partial charge < -0.3 is 28.8 Å². The van der Waals surface area contributed by atoms with Gasteiger partial charge in [0.1, 0.15) is 13.2 Å². The molecule has 3 atom stereocenters. The van der Waals surface area contributed by atoms with E-state index in [2.05, 4.69) is 55.6 Å². The number of carbonyl (C=O) groups is 1. The van der Waals surface area contributed by atoms with Crippen LogP contribution in [0.3, 0.4) is 0 Å². The lowest BCUT2D eigenvalue weighted by Crippen LogP contribution is -2.45. The van der Waals surface area contributed by atoms with E-state index in [1.807, 2.05) is 27.2 Å². The second kappa shape index (κ2) is 44.7. The maximum Gasteiger partial charge on any atom is 0.268 e. The minimum atomic E-state index is -4.60. The molecule has 0 aromatic heterocycles. The molecule has 0 aromatic rings. The van der Waals surface area contributed by atoms with Crippen LogP contribution < -0.4 is 10.2 Å². The number of amides is 1. The number of phosphoric ester groups is 1. The standard InChI is InChI=1S/C53H101N2O6P/c1-6-8-10-12-14-16-18-19-20-21-22-23-24-25-26-27-28-29-30-31-32-33-34-35-37-38-40-42-44-46-52(56)51(50-61-62(58,59)60-49-48-55(3,4)5)54-53(57)47-45-43-41-39-36-17-15-13-11-9-7-2/h13,15,32-33,37-38,44,46,51-52,56H,6-12,14,16-31,34-36,39-43,45,47-50H2,1-5H3,(H-,54,57,58,59)/b15-13-,33-32+,38-37+,46-44+. The highest BCUT2D eigenvalue weighted by molar-refractivity contribution is 7.45. The summed E-state index contributed by atoms with van der Waals surface area (Å²) in [5, 5.41) is 13.8. The van der Waals surface area contributed by atoms with Crippen molar-refractivity contribution in [1.29, 1.82) is 0 Å². The highest BCUT2D eigenvalue weighted by Crippen LogP contribution is 2.38. The normalized spacial score (nSPS) is 14.5. The predicted molar refractivity (Wildman–Crippen MR) is 265 cm³/mol. The minimum absolute atomic E-state index is 0.0115. The van der Waals surface area contributed by atoms with Crippen molar-refractivity contribution >= 4 is 13.7 Å². The van der Waals surface area contributed by atoms with Crippen LogP contribution >= 0.6 is 7.82 Å². The van der Waals surface area contributed by atoms with Gasteiger partial charge in [0.2, 0.25) is 5.91 Å². The number of aliphatic hydroxyl groups excluding tert-OH is 1. The molecule has 1 amide bonds. The van der Waals surface area contributed by atoms with Crippen molar-refractivity contribution in [3.63, 3.8) is 0 Å². The summed E-state index contributed by atoms with van der Waals surface area (Å²) in [6.45, 7) is 4.57. The molecule has 0 saturated heterocycles. The third-order valence-corrected chi connectivity index (χ3v) is 12.5. The molecule has 0 saturated carbocycles. The Hall–Kier alpha value is -1.54. The third kappa shape index (κ3) is 46.5. The molecule has 0 aromatic carbocycles. The Morgan fingerprint density at radius 1 is 0.548 bits per heavy atom. The third-order valence-electron chi connectivity index (χ3n) is 11.5. The highest BCUT2D eigenvalue weighted by Gasteiger charge is 2.23. The number of likely N-dealkylation sites (N-methyl/N-ethyl adjacent to an activating group) is 1. The number of phosphoric acid groups is 1. The summed E-state index contributed by atoms with van der Waals surface area (Å²) >= 11 is 0. The molecule has 0 spiro atoms. The Morgan fingerprint density at radius 3 is 1.35 bits per heavy atom. The SMILES string of the molecule is CCCC/C=C\CCCCCCCC(=O)NC(COP(=O)([O-])OCC[N+](C)(C)C)C(O)/C=C/CC/C=C/CC/C=C/CCCCCCCCCCCCCCCCCCCCC. The summed E-state index contributed by atoms with van der Waals surface area (Å²) in [4.78, 5) is 25.3. The van der Waals surface area contributed by atoms with Gasteiger partial charge >= 0.3 is 0 Å². The van der Waals surface area contributed by atoms with Crippen molar-refractivity contribution in [2.24, 2.45) is 0 Å². The maximum absolute atomic E-state index is 12.8. The molecule has 9 heteroatoms. The average molecular weight is 893 g/mol. The zero-order valence-corrected chi connectivity index (χ0v) is 42.2. The Balaban J connectivity index is 4.22. The first-order valence-electron chi connectivity index (χ1n) is 26.0. The van der Waals surface area contributed by atoms with E-state index in [1.54, 1.807) is 6.08 Å². The lowest BCUT2D eigenvalue weighted by molar-refractivity contribution is -0.870. The highest BCUT2D eigenvalue weighted by atomic mass is 31.2. The molecule has 62 heavy (non-hydrogen) atoms. The van der Waals surface area contributed by atoms with Gasteiger partial charge in [-0.1, -0.05) is 210 Å². The van der Waals surface area contributed by atoms with Crippen LogP contribution in [0.25, 0.3) is 0 Å². The maximum atomic E-state index is 12.8. The molecule has 0 bridgehead atoms. The van der Waals surface area contributed by atoms with E-state index in [1.165, 1.54) is 141 Å². The number of unbranched alkanes of at least 4 members (excludes halogenated alkanes) is 28. The fourth-order valence-electron chi connectivity index (χ4n) is 7.34. The molecule has 364 valence electrons. The summed E-state index contributed by atoms with van der Waals surface area (Å²) in [5.74, 6) is -0.223. The Morgan fingerprint density at radius 2 is 0.919 bits per heavy atom. The minimum Gasteiger partial charge on any atom is -0.756 e. The quantitative estimate of drug-likeness (QED) is 0.0273. The van der Waals surface area contributed by atoms with Gasteiger partial charge in [0.05, 0.1) is 39.9 Å². The van der Waals surface area contributed by atoms with E-state index in [4.69, 9.17) is 9.05 Å². The van der Waals surface area contributed by atoms with Gasteiger partial charge in [-0.2, -0.15) is 0 Å². The van der Waals surface area contributed by atoms with Gasteiger partial charge in [-0.3, -0.25) is 9.36 Å². The second-order valence-corrected chi connectivity index (χ2v) is 20.3. The van der Waals surface area contributed by atoms with Crippen molar-refractivity contribution in [3.05, 3.63) is 48.6 Å². The molecule has 0 rings (SSSR count). The molecule has 3 unspecified atom stereocenters. The molecule has 0 fully saturated rings. The fraction of sp³-hybridized carbons (Fsp3) is 0.830. The smallest absolute Gasteiger partial charge is 0.268 e. The van der Waals surface area contributed by atoms with Crippen molar-refractivity contribution in [3.8, 4) is 0 Å². The molecule has 0 aliphatic rings. The number of hydrogen-bond acceptors (Lipinski definition) is 6. The number of nitrogens with one attached hydrogen (secondary N) is 1. The van der Waals surface area contributed by atoms with Crippen molar-refractivity contribution in [2.45, 2.75) is 244 Å². The van der Waals surface area contributed by atoms with E-state index >= 15 is 0 Å². The van der Waals surface area contributed by atoms with Gasteiger partial charge in [-0.15, -0.1) is 0 Å². The average Bonchev–Trinajstić information content (AvgIpc) is 3.23. The molecule has 8 nitrogen and oxygen atoms in total. The van der Waals surface area contributed by atoms with Crippen LogP contribution in [-0.2, 0) is 18.4 Å². The van der Waals surface area contributed by atoms with E-state index in [0.717, 1.165) is 70.6 Å². The van der Waals surface area contributed by atoms with Gasteiger partial charge in [0, 0.05) is 6.42 Å². The zero-order chi connectivity index (χ0) is 45.7. The van der Waals surface area contributed by atoms with E-state index < -0.39 is 26.6 Å². The number of rotatable bonds is 47. The van der Waals surface area contributed by atoms with Crippen molar-refractivity contribution in [1.82, 2.24) is 5.32 Å². The molecule has 0 radical (unpaired) electrons. The lowest BCUT2D eigenvalue weighted by atomic mass is 10.0. The van der Waals surface area contributed by atoms with Crippen LogP contribution in [0.4, 0.5) is 0 Å². The number of carbonyl (C=O) groups excluding carboxylic acids is 1. The Labute approximate surface area is 384 Å². The van der Waals surface area contributed by atoms with Crippen LogP contribution in [-0.4, -0.2) is 68.5 Å². The summed E-state index contributed by atoms with van der Waals surface area (Å²) in [6, 6.07) is -0.913. The van der Waals surface area contributed by atoms with E-state index in [0.29, 0.717) is 17.4 Å². The number of allylic oxidation sites excluding steroid dienone is 7. The number of hydrogen-bond donors (Lipinski definition) is 2. The number of aliphatic hydroxyl groups is 1. The Kier molecular flexibility index (Phi) is 43.5. The number of nitrogens with zero attached hydrogens (tertiary/aromatic N) is 1. The molecule has 0 aliphatic carbocycles. The Bertz CT molecular complexity index is 1150. The van der Waals surface area contributed by atoms with Crippen molar-refractivity contribution < 1.29 is 32.9 Å². The number of quaternary nitrogens is 1. The fourth-order valence-corrected chi connectivity index (χ4v) is 8.07. The van der Waals surface area contributed by atoms with Crippen molar-refractivity contribution in [2.75, 3.05) is 40.9 Å². The van der Waals surface area contributed by atoms with Crippen LogP contribution in [0, 0.1) is 0 Å². The monoisotopic (exact) mass is 893 g/mol. The van der Waals surface area contributed by atoms with Gasteiger partial charge in [-0.25, -0.2) is 0 Å². The first-order chi connectivity index (χ1) is 30.0. The van der Waals surface area contributed by atoms with Gasteiger partial charge in [-0.05, 0) is 64.2 Å². The van der Waals surface area contributed by atoms with Gasteiger partial charge in [0.25, 0.3) is 7.82 Å². The topological polar surface area (TPSA) is 108 Å². The van der Waals surface area contributed by atoms with Crippen LogP contribution in [0.2, 0.25) is 0 Å². The van der Waals surface area contributed by atoms with E-state index in [9.17, 15) is 19.4 Å². The zero-order valence-electron chi connectivity index (χ0n) is 41.3. The summed E-state index contributed by atoms with van der Waals surface area (Å²) in [5.41, 5.74) is 0. The van der Waals surface area contributed by atoms with E-state index in [-0.39, 0.29) is 12.5 Å². The molecule has 0 aliphatic heterocycles. The second-order valence-electron chi connectivity index (χ2n) is 18.9. The predicted octanol–water partition coefficient (Wildman–Crippen LogP) is 14.6. The summed E-state index contributed by atoms with van der Waals surface area (Å²) in [6.07, 6.45) is 57.7. The summed E-state index contributed by atoms with van der Waals surface area (Å²) < 4.78 is 23.2. The molecule has 2 N–H and O–H groups in total. The molecular weight excluding hydrogens is 792 g/mol. The lowest BCUT2D eigenvalue weighted by Gasteiger charge is -2.29. The van der Waals surface area contributed by atoms with Gasteiger partial charge in [0.15, 0.2) is 0 Å². The van der Waals surface area contributed by atoms with Crippen LogP contribution in [0.1, 0.15) is 232 Å². The van der Waals surface area contributed by atoms with Crippen LogP contribution in [0.5, 0.6) is 0 Å². The van der Waals surface area contributed by atoms with Crippen LogP contribution in [0.15, 0.2) is 48.6 Å². The largest absolute Gasteiger partial charge is 0.756 e. The first-order valence-corrected chi connectivity index (χ1v) is 27.5. The molecule has 0 heterocycles. The molecular formula is C53H101N2O6P. The first kappa shape index (κ1) is 60.5.